The molecule has 0 bridgehead atoms. The van der Waals surface area contributed by atoms with Crippen molar-refractivity contribution < 1.29 is 24.5 Å². The monoisotopic (exact) mass is 485 g/mol. The number of halogens is 1. The van der Waals surface area contributed by atoms with Crippen LogP contribution in [0, 0.1) is 5.92 Å². The molecule has 1 aromatic heterocycles. The van der Waals surface area contributed by atoms with Gasteiger partial charge in [0.15, 0.2) is 11.5 Å². The molecule has 0 fully saturated rings. The molecule has 0 saturated heterocycles. The molecule has 0 spiro atoms. The Hall–Kier alpha value is -3.23. The van der Waals surface area contributed by atoms with E-state index in [1.807, 2.05) is 18.2 Å². The zero-order valence-corrected chi connectivity index (χ0v) is 20.1. The predicted octanol–water partition coefficient (Wildman–Crippen LogP) is 4.41. The molecular formula is C25H28ClN3O5. The van der Waals surface area contributed by atoms with Gasteiger partial charge >= 0.3 is 0 Å². The Kier molecular flexibility index (Phi) is 7.00. The fourth-order valence-corrected chi connectivity index (χ4v) is 4.32. The van der Waals surface area contributed by atoms with Crippen LogP contribution in [0.25, 0.3) is 11.3 Å². The third-order valence-electron chi connectivity index (χ3n) is 5.71. The first-order chi connectivity index (χ1) is 16.3. The molecule has 2 aromatic carbocycles. The molecule has 1 aliphatic heterocycles. The average molecular weight is 486 g/mol. The number of hydrogen-bond acceptors (Lipinski definition) is 6. The Morgan fingerprint density at radius 3 is 2.71 bits per heavy atom. The number of rotatable bonds is 9. The summed E-state index contributed by atoms with van der Waals surface area (Å²) >= 11 is 6.19. The number of ether oxygens (including phenoxy) is 2. The highest BCUT2D eigenvalue weighted by atomic mass is 35.5. The lowest BCUT2D eigenvalue weighted by atomic mass is 9.95. The molecule has 8 nitrogen and oxygen atoms in total. The molecule has 1 atom stereocenters. The van der Waals surface area contributed by atoms with Crippen LogP contribution in [0.5, 0.6) is 17.2 Å². The van der Waals surface area contributed by atoms with Crippen LogP contribution in [0.15, 0.2) is 36.4 Å². The number of fused-ring (bicyclic) bond motifs is 1. The van der Waals surface area contributed by atoms with Crippen LogP contribution in [0.1, 0.15) is 47.9 Å². The predicted molar refractivity (Wildman–Crippen MR) is 129 cm³/mol. The molecule has 3 aromatic rings. The van der Waals surface area contributed by atoms with E-state index in [0.717, 1.165) is 5.56 Å². The molecule has 1 aliphatic rings. The first kappa shape index (κ1) is 23.9. The zero-order valence-electron chi connectivity index (χ0n) is 19.3. The smallest absolute Gasteiger partial charge is 0.273 e. The molecule has 180 valence electrons. The van der Waals surface area contributed by atoms with E-state index in [0.29, 0.717) is 64.5 Å². The second-order valence-electron chi connectivity index (χ2n) is 8.62. The highest BCUT2D eigenvalue weighted by molar-refractivity contribution is 6.31. The largest absolute Gasteiger partial charge is 0.507 e. The van der Waals surface area contributed by atoms with E-state index in [9.17, 15) is 15.0 Å². The third-order valence-corrected chi connectivity index (χ3v) is 5.95. The molecule has 0 saturated carbocycles. The van der Waals surface area contributed by atoms with Crippen LogP contribution in [0.4, 0.5) is 0 Å². The number of methoxy groups -OCH3 is 1. The van der Waals surface area contributed by atoms with Gasteiger partial charge in [0.2, 0.25) is 0 Å². The van der Waals surface area contributed by atoms with Crippen LogP contribution in [-0.2, 0) is 0 Å². The van der Waals surface area contributed by atoms with Gasteiger partial charge in [-0.3, -0.25) is 9.89 Å². The van der Waals surface area contributed by atoms with Crippen LogP contribution in [0.3, 0.4) is 0 Å². The lowest BCUT2D eigenvalue weighted by molar-refractivity contribution is 0.0732. The van der Waals surface area contributed by atoms with Crippen molar-refractivity contribution in [2.24, 2.45) is 5.92 Å². The number of hydrogen-bond donors (Lipinski definition) is 3. The minimum absolute atomic E-state index is 0.00808. The van der Waals surface area contributed by atoms with Gasteiger partial charge in [0.05, 0.1) is 19.8 Å². The van der Waals surface area contributed by atoms with Gasteiger partial charge < -0.3 is 24.6 Å². The maximum absolute atomic E-state index is 13.3. The first-order valence-corrected chi connectivity index (χ1v) is 11.5. The van der Waals surface area contributed by atoms with Gasteiger partial charge in [-0.05, 0) is 48.2 Å². The number of aliphatic hydroxyl groups is 1. The second-order valence-corrected chi connectivity index (χ2v) is 9.05. The fraction of sp³-hybridized carbons (Fsp3) is 0.360. The van der Waals surface area contributed by atoms with Crippen molar-refractivity contribution >= 4 is 17.5 Å². The van der Waals surface area contributed by atoms with E-state index < -0.39 is 6.04 Å². The van der Waals surface area contributed by atoms with E-state index >= 15 is 0 Å². The number of nitrogens with one attached hydrogen (secondary N) is 1. The Morgan fingerprint density at radius 1 is 1.21 bits per heavy atom. The van der Waals surface area contributed by atoms with Gasteiger partial charge in [-0.2, -0.15) is 5.10 Å². The van der Waals surface area contributed by atoms with Gasteiger partial charge in [-0.25, -0.2) is 0 Å². The lowest BCUT2D eigenvalue weighted by Gasteiger charge is -2.27. The molecule has 1 amide bonds. The Balaban J connectivity index is 1.83. The number of amides is 1. The van der Waals surface area contributed by atoms with Gasteiger partial charge in [0.25, 0.3) is 5.91 Å². The Labute approximate surface area is 203 Å². The fourth-order valence-electron chi connectivity index (χ4n) is 4.15. The van der Waals surface area contributed by atoms with Crippen molar-refractivity contribution in [1.29, 1.82) is 0 Å². The van der Waals surface area contributed by atoms with E-state index in [1.54, 1.807) is 24.1 Å². The normalized spacial score (nSPS) is 15.2. The van der Waals surface area contributed by atoms with E-state index in [-0.39, 0.29) is 18.3 Å². The van der Waals surface area contributed by atoms with Crippen LogP contribution in [0.2, 0.25) is 5.02 Å². The molecule has 1 unspecified atom stereocenters. The summed E-state index contributed by atoms with van der Waals surface area (Å²) < 4.78 is 11.5. The number of phenols is 1. The summed E-state index contributed by atoms with van der Waals surface area (Å²) in [5.74, 6) is 1.30. The molecular weight excluding hydrogens is 458 g/mol. The molecule has 4 rings (SSSR count). The number of carbonyl (C=O) groups excluding carboxylic acids is 1. The van der Waals surface area contributed by atoms with Crippen molar-refractivity contribution in [3.8, 4) is 28.5 Å². The number of aliphatic hydroxyl groups excluding tert-OH is 1. The average Bonchev–Trinajstić information content (AvgIpc) is 3.36. The number of benzene rings is 2. The van der Waals surface area contributed by atoms with Crippen molar-refractivity contribution in [2.45, 2.75) is 26.3 Å². The number of phenolic OH excluding ortho intramolecular Hbond substituents is 1. The Morgan fingerprint density at radius 2 is 2.00 bits per heavy atom. The SMILES string of the molecule is COc1cc(C2c3c(-c4cc(Cl)ccc4O)n[nH]c3C(=O)N2CCCO)ccc1OCC(C)C. The molecule has 34 heavy (non-hydrogen) atoms. The van der Waals surface area contributed by atoms with E-state index in [2.05, 4.69) is 24.0 Å². The van der Waals surface area contributed by atoms with Gasteiger partial charge in [-0.15, -0.1) is 0 Å². The number of carbonyl (C=O) groups is 1. The van der Waals surface area contributed by atoms with Crippen molar-refractivity contribution in [3.63, 3.8) is 0 Å². The molecule has 0 aliphatic carbocycles. The summed E-state index contributed by atoms with van der Waals surface area (Å²) in [5, 5.41) is 27.6. The number of aromatic hydroxyl groups is 1. The summed E-state index contributed by atoms with van der Waals surface area (Å²) in [4.78, 5) is 15.0. The summed E-state index contributed by atoms with van der Waals surface area (Å²) in [6, 6.07) is 9.78. The molecule has 0 radical (unpaired) electrons. The summed E-state index contributed by atoms with van der Waals surface area (Å²) in [6.45, 7) is 4.98. The standard InChI is InChI=1S/C25H28ClN3O5/c1-14(2)13-34-19-8-5-15(11-20(19)33-3)24-21-22(17-12-16(26)6-7-18(17)31)27-28-23(21)25(32)29(24)9-4-10-30/h5-8,11-12,14,24,30-31H,4,9-10,13H2,1-3H3,(H,27,28). The number of nitrogens with zero attached hydrogens (tertiary/aromatic N) is 2. The first-order valence-electron chi connectivity index (χ1n) is 11.1. The van der Waals surface area contributed by atoms with Crippen LogP contribution >= 0.6 is 11.6 Å². The van der Waals surface area contributed by atoms with Crippen LogP contribution in [-0.4, -0.2) is 58.1 Å². The highest BCUT2D eigenvalue weighted by Crippen LogP contribution is 2.46. The second kappa shape index (κ2) is 9.95. The number of H-pyrrole nitrogens is 1. The summed E-state index contributed by atoms with van der Waals surface area (Å²) in [5.41, 5.74) is 2.65. The van der Waals surface area contributed by atoms with Gasteiger partial charge in [0, 0.05) is 29.3 Å². The van der Waals surface area contributed by atoms with Crippen molar-refractivity contribution in [1.82, 2.24) is 15.1 Å². The molecule has 2 heterocycles. The molecule has 9 heteroatoms. The lowest BCUT2D eigenvalue weighted by Crippen LogP contribution is -2.31. The maximum atomic E-state index is 13.3. The van der Waals surface area contributed by atoms with Crippen LogP contribution < -0.4 is 9.47 Å². The van der Waals surface area contributed by atoms with Gasteiger partial charge in [0.1, 0.15) is 17.1 Å². The maximum Gasteiger partial charge on any atom is 0.273 e. The quantitative estimate of drug-likeness (QED) is 0.414. The van der Waals surface area contributed by atoms with Crippen molar-refractivity contribution in [2.75, 3.05) is 26.9 Å². The van der Waals surface area contributed by atoms with E-state index in [4.69, 9.17) is 21.1 Å². The Bertz CT molecular complexity index is 1190. The third kappa shape index (κ3) is 4.43. The molecule has 3 N–H and O–H groups in total. The number of aromatic amines is 1. The minimum atomic E-state index is -0.505. The van der Waals surface area contributed by atoms with E-state index in [1.165, 1.54) is 6.07 Å². The summed E-state index contributed by atoms with van der Waals surface area (Å²) in [6.07, 6.45) is 0.421. The summed E-state index contributed by atoms with van der Waals surface area (Å²) in [7, 11) is 1.57. The van der Waals surface area contributed by atoms with Gasteiger partial charge in [-0.1, -0.05) is 31.5 Å². The van der Waals surface area contributed by atoms with Crippen molar-refractivity contribution in [3.05, 3.63) is 58.2 Å². The minimum Gasteiger partial charge on any atom is -0.507 e. The number of aromatic nitrogens is 2. The zero-order chi connectivity index (χ0) is 24.4. The highest BCUT2D eigenvalue weighted by Gasteiger charge is 2.42. The topological polar surface area (TPSA) is 108 Å².